The molecule has 6 heteroatoms. The zero-order valence-corrected chi connectivity index (χ0v) is 9.92. The normalized spacial score (nSPS) is 19.3. The molecule has 1 heterocycles. The Balaban J connectivity index is 2.13. The van der Waals surface area contributed by atoms with Crippen LogP contribution in [0.5, 0.6) is 5.75 Å². The van der Waals surface area contributed by atoms with Gasteiger partial charge in [0.25, 0.3) is 0 Å². The fourth-order valence-electron chi connectivity index (χ4n) is 1.84. The van der Waals surface area contributed by atoms with Gasteiger partial charge < -0.3 is 20.1 Å². The third-order valence-corrected chi connectivity index (χ3v) is 2.90. The largest absolute Gasteiger partial charge is 0.497 e. The Morgan fingerprint density at radius 1 is 1.44 bits per heavy atom. The van der Waals surface area contributed by atoms with Gasteiger partial charge in [-0.25, -0.2) is 0 Å². The van der Waals surface area contributed by atoms with Crippen molar-refractivity contribution in [1.29, 1.82) is 0 Å². The van der Waals surface area contributed by atoms with Gasteiger partial charge in [0.1, 0.15) is 5.75 Å². The minimum atomic E-state index is -1.11. The first kappa shape index (κ1) is 12.2. The highest BCUT2D eigenvalue weighted by Crippen LogP contribution is 2.21. The van der Waals surface area contributed by atoms with Crippen LogP contribution in [0.1, 0.15) is 0 Å². The van der Waals surface area contributed by atoms with Crippen molar-refractivity contribution in [3.63, 3.8) is 0 Å². The molecule has 1 aliphatic heterocycles. The molecule has 6 nitrogen and oxygen atoms in total. The number of carboxylic acids is 1. The molecule has 0 radical (unpaired) electrons. The van der Waals surface area contributed by atoms with Crippen molar-refractivity contribution in [3.8, 4) is 5.75 Å². The molecule has 1 unspecified atom stereocenters. The molecule has 0 saturated carbocycles. The number of anilines is 1. The molecule has 0 aliphatic carbocycles. The molecule has 0 aromatic heterocycles. The highest BCUT2D eigenvalue weighted by atomic mass is 16.5. The van der Waals surface area contributed by atoms with Crippen LogP contribution < -0.4 is 15.0 Å². The van der Waals surface area contributed by atoms with Crippen LogP contribution >= 0.6 is 0 Å². The van der Waals surface area contributed by atoms with E-state index in [1.807, 2.05) is 12.1 Å². The number of nitrogens with one attached hydrogen (secondary N) is 1. The monoisotopic (exact) mass is 250 g/mol. The number of benzene rings is 1. The summed E-state index contributed by atoms with van der Waals surface area (Å²) < 4.78 is 5.05. The number of rotatable bonds is 3. The smallest absolute Gasteiger partial charge is 0.317 e. The van der Waals surface area contributed by atoms with Gasteiger partial charge in [0.05, 0.1) is 13.8 Å². The maximum absolute atomic E-state index is 11.4. The Labute approximate surface area is 104 Å². The van der Waals surface area contributed by atoms with Crippen LogP contribution in [0, 0.1) is 5.92 Å². The van der Waals surface area contributed by atoms with E-state index in [1.54, 1.807) is 24.1 Å². The third-order valence-electron chi connectivity index (χ3n) is 2.90. The van der Waals surface area contributed by atoms with E-state index in [0.29, 0.717) is 6.67 Å². The highest BCUT2D eigenvalue weighted by molar-refractivity contribution is 5.98. The van der Waals surface area contributed by atoms with Crippen molar-refractivity contribution in [2.45, 2.75) is 0 Å². The minimum absolute atomic E-state index is 0.174. The summed E-state index contributed by atoms with van der Waals surface area (Å²) in [6.45, 7) is 0.489. The van der Waals surface area contributed by atoms with Gasteiger partial charge in [-0.1, -0.05) is 0 Å². The van der Waals surface area contributed by atoms with Crippen LogP contribution in [-0.4, -0.2) is 37.3 Å². The molecular formula is C12H14N2O4. The summed E-state index contributed by atoms with van der Waals surface area (Å²) in [6.07, 6.45) is 0. The summed E-state index contributed by atoms with van der Waals surface area (Å²) in [5.74, 6) is -1.84. The van der Waals surface area contributed by atoms with Gasteiger partial charge in [-0.2, -0.15) is 0 Å². The van der Waals surface area contributed by atoms with E-state index in [9.17, 15) is 9.59 Å². The number of methoxy groups -OCH3 is 1. The summed E-state index contributed by atoms with van der Waals surface area (Å²) in [6, 6.07) is 7.24. The van der Waals surface area contributed by atoms with Gasteiger partial charge >= 0.3 is 5.97 Å². The summed E-state index contributed by atoms with van der Waals surface area (Å²) in [5, 5.41) is 11.5. The third kappa shape index (κ3) is 2.37. The van der Waals surface area contributed by atoms with Crippen LogP contribution in [0.3, 0.4) is 0 Å². The number of aliphatic carboxylic acids is 1. The fourth-order valence-corrected chi connectivity index (χ4v) is 1.84. The zero-order valence-electron chi connectivity index (χ0n) is 9.92. The minimum Gasteiger partial charge on any atom is -0.497 e. The van der Waals surface area contributed by atoms with Crippen molar-refractivity contribution < 1.29 is 19.4 Å². The second-order valence-electron chi connectivity index (χ2n) is 4.01. The molecule has 0 spiro atoms. The maximum Gasteiger partial charge on any atom is 0.317 e. The number of carboxylic acid groups (broad SMARTS) is 1. The molecule has 1 aromatic carbocycles. The number of nitrogens with zero attached hydrogens (tertiary/aromatic N) is 1. The first-order chi connectivity index (χ1) is 8.61. The summed E-state index contributed by atoms with van der Waals surface area (Å²) in [7, 11) is 1.58. The molecule has 1 aromatic rings. The molecule has 1 fully saturated rings. The Morgan fingerprint density at radius 2 is 2.11 bits per heavy atom. The number of ether oxygens (including phenoxy) is 1. The van der Waals surface area contributed by atoms with Gasteiger partial charge in [-0.05, 0) is 24.3 Å². The standard InChI is InChI=1S/C12H14N2O4/c1-18-9-4-2-8(3-5-9)14-6-10(12(16)17)11(15)13-7-14/h2-5,10H,6-7H2,1H3,(H,13,15)(H,16,17). The maximum atomic E-state index is 11.4. The number of hydrogen-bond acceptors (Lipinski definition) is 4. The Bertz CT molecular complexity index is 458. The fraction of sp³-hybridized carbons (Fsp3) is 0.333. The summed E-state index contributed by atoms with van der Waals surface area (Å²) >= 11 is 0. The molecule has 2 rings (SSSR count). The van der Waals surface area contributed by atoms with E-state index < -0.39 is 17.8 Å². The van der Waals surface area contributed by atoms with Crippen LogP contribution in [0.15, 0.2) is 24.3 Å². The van der Waals surface area contributed by atoms with Crippen molar-refractivity contribution in [1.82, 2.24) is 5.32 Å². The second-order valence-corrected chi connectivity index (χ2v) is 4.01. The quantitative estimate of drug-likeness (QED) is 0.754. The first-order valence-corrected chi connectivity index (χ1v) is 5.51. The molecule has 1 atom stereocenters. The molecule has 1 aliphatic rings. The lowest BCUT2D eigenvalue weighted by molar-refractivity contribution is -0.147. The second kappa shape index (κ2) is 4.95. The Kier molecular flexibility index (Phi) is 3.36. The predicted octanol–water partition coefficient (Wildman–Crippen LogP) is 0.290. The lowest BCUT2D eigenvalue weighted by Crippen LogP contribution is -2.53. The van der Waals surface area contributed by atoms with E-state index in [4.69, 9.17) is 9.84 Å². The topological polar surface area (TPSA) is 78.9 Å². The number of carbonyl (C=O) groups excluding carboxylic acids is 1. The van der Waals surface area contributed by atoms with Crippen molar-refractivity contribution in [2.75, 3.05) is 25.2 Å². The molecule has 1 saturated heterocycles. The number of carbonyl (C=O) groups is 2. The number of hydrogen-bond donors (Lipinski definition) is 2. The summed E-state index contributed by atoms with van der Waals surface area (Å²) in [4.78, 5) is 24.1. The number of amides is 1. The van der Waals surface area contributed by atoms with Gasteiger partial charge in [0.2, 0.25) is 5.91 Å². The average Bonchev–Trinajstić information content (AvgIpc) is 2.39. The van der Waals surface area contributed by atoms with Crippen molar-refractivity contribution >= 4 is 17.6 Å². The Morgan fingerprint density at radius 3 is 2.67 bits per heavy atom. The van der Waals surface area contributed by atoms with Gasteiger partial charge in [0.15, 0.2) is 5.92 Å². The molecule has 18 heavy (non-hydrogen) atoms. The first-order valence-electron chi connectivity index (χ1n) is 5.51. The van der Waals surface area contributed by atoms with E-state index in [0.717, 1.165) is 11.4 Å². The van der Waals surface area contributed by atoms with Crippen molar-refractivity contribution in [3.05, 3.63) is 24.3 Å². The van der Waals surface area contributed by atoms with Crippen molar-refractivity contribution in [2.24, 2.45) is 5.92 Å². The van der Waals surface area contributed by atoms with Gasteiger partial charge in [-0.3, -0.25) is 9.59 Å². The molecule has 0 bridgehead atoms. The van der Waals surface area contributed by atoms with Gasteiger partial charge in [0, 0.05) is 12.2 Å². The SMILES string of the molecule is COc1ccc(N2CNC(=O)C(C(=O)O)C2)cc1. The zero-order chi connectivity index (χ0) is 13.1. The van der Waals surface area contributed by atoms with Crippen LogP contribution in [0.4, 0.5) is 5.69 Å². The average molecular weight is 250 g/mol. The van der Waals surface area contributed by atoms with E-state index in [-0.39, 0.29) is 6.54 Å². The van der Waals surface area contributed by atoms with E-state index in [1.165, 1.54) is 0 Å². The summed E-state index contributed by atoms with van der Waals surface area (Å²) in [5.41, 5.74) is 0.849. The van der Waals surface area contributed by atoms with Crippen LogP contribution in [0.25, 0.3) is 0 Å². The lowest BCUT2D eigenvalue weighted by Gasteiger charge is -2.32. The van der Waals surface area contributed by atoms with Gasteiger partial charge in [-0.15, -0.1) is 0 Å². The van der Waals surface area contributed by atoms with Crippen LogP contribution in [0.2, 0.25) is 0 Å². The molecule has 2 N–H and O–H groups in total. The van der Waals surface area contributed by atoms with Crippen LogP contribution in [-0.2, 0) is 9.59 Å². The molecular weight excluding hydrogens is 236 g/mol. The van der Waals surface area contributed by atoms with E-state index in [2.05, 4.69) is 5.32 Å². The van der Waals surface area contributed by atoms with E-state index >= 15 is 0 Å². The lowest BCUT2D eigenvalue weighted by atomic mass is 10.1. The molecule has 1 amide bonds. The highest BCUT2D eigenvalue weighted by Gasteiger charge is 2.32. The predicted molar refractivity (Wildman–Crippen MR) is 64.5 cm³/mol. The molecule has 96 valence electrons. The Hall–Kier alpha value is -2.24.